The molecule has 278 valence electrons. The molecule has 4 aliphatic heterocycles. The molecule has 0 bridgehead atoms. The number of fused-ring (bicyclic) bond motifs is 8. The number of rotatable bonds is 4. The summed E-state index contributed by atoms with van der Waals surface area (Å²) < 4.78 is 7.03. The number of hydrogen-bond acceptors (Lipinski definition) is 4. The summed E-state index contributed by atoms with van der Waals surface area (Å²) in [6, 6.07) is 58.6. The Morgan fingerprint density at radius 3 is 1.76 bits per heavy atom. The van der Waals surface area contributed by atoms with E-state index in [0.29, 0.717) is 0 Å². The Morgan fingerprint density at radius 2 is 1.05 bits per heavy atom. The zero-order chi connectivity index (χ0) is 39.5. The van der Waals surface area contributed by atoms with Gasteiger partial charge in [-0.25, -0.2) is 0 Å². The minimum atomic E-state index is -0.0400. The number of nitrogens with one attached hydrogen (secondary N) is 1. The molecule has 0 aliphatic carbocycles. The van der Waals surface area contributed by atoms with E-state index >= 15 is 0 Å². The molecule has 0 amide bonds. The third-order valence-electron chi connectivity index (χ3n) is 13.1. The molecule has 1 N–H and O–H groups in total. The van der Waals surface area contributed by atoms with Crippen molar-refractivity contribution in [1.29, 1.82) is 0 Å². The highest BCUT2D eigenvalue weighted by Gasteiger charge is 2.46. The van der Waals surface area contributed by atoms with Crippen molar-refractivity contribution >= 4 is 110 Å². The first kappa shape index (κ1) is 34.2. The molecule has 4 heterocycles. The number of hydrogen-bond donors (Lipinski definition) is 1. The van der Waals surface area contributed by atoms with E-state index in [4.69, 9.17) is 4.74 Å². The summed E-state index contributed by atoms with van der Waals surface area (Å²) in [6.45, 7) is 8.86. The Hall–Kier alpha value is -6.85. The van der Waals surface area contributed by atoms with Gasteiger partial charge < -0.3 is 19.9 Å². The lowest BCUT2D eigenvalue weighted by atomic mass is 9.30. The summed E-state index contributed by atoms with van der Waals surface area (Å²) in [7, 11) is 0.871. The van der Waals surface area contributed by atoms with Gasteiger partial charge in [-0.15, -0.1) is 0 Å². The zero-order valence-corrected chi connectivity index (χ0v) is 33.7. The maximum absolute atomic E-state index is 7.03. The largest absolute Gasteiger partial charge is 0.458 e. The monoisotopic (exact) mass is 755 g/mol. The fourth-order valence-corrected chi connectivity index (χ4v) is 10.5. The first-order valence-corrected chi connectivity index (χ1v) is 20.8. The van der Waals surface area contributed by atoms with Crippen LogP contribution >= 0.6 is 0 Å². The van der Waals surface area contributed by atoms with Crippen LogP contribution in [0.3, 0.4) is 0 Å². The lowest BCUT2D eigenvalue weighted by molar-refractivity contribution is 0.487. The van der Waals surface area contributed by atoms with Gasteiger partial charge in [0.25, 0.3) is 13.4 Å². The lowest BCUT2D eigenvalue weighted by Gasteiger charge is -2.44. The number of ether oxygens (including phenoxy) is 1. The van der Waals surface area contributed by atoms with Crippen LogP contribution in [0.15, 0.2) is 158 Å². The highest BCUT2D eigenvalue weighted by molar-refractivity contribution is 7.02. The maximum Gasteiger partial charge on any atom is 0.256 e. The molecule has 0 radical (unpaired) electrons. The van der Waals surface area contributed by atoms with Crippen LogP contribution in [0.2, 0.25) is 0 Å². The molecule has 0 unspecified atom stereocenters. The SMILES string of the molecule is Cc1cc2c3c(c1)N(c1ccccc1)c1cc4c(cc1B3c1ccccc1N2)B1c2cc(Bc3ccccc3C)c(C)cc2Oc2cc(C)cc(c21)N4c1ccccc1. The predicted octanol–water partition coefficient (Wildman–Crippen LogP) is 7.07. The van der Waals surface area contributed by atoms with E-state index in [-0.39, 0.29) is 13.4 Å². The molecule has 8 aromatic carbocycles. The van der Waals surface area contributed by atoms with Crippen molar-refractivity contribution < 1.29 is 4.74 Å². The van der Waals surface area contributed by atoms with Crippen molar-refractivity contribution in [2.75, 3.05) is 15.1 Å². The summed E-state index contributed by atoms with van der Waals surface area (Å²) in [6.07, 6.45) is 0. The summed E-state index contributed by atoms with van der Waals surface area (Å²) in [5.41, 5.74) is 24.7. The number of anilines is 8. The Labute approximate surface area is 347 Å². The van der Waals surface area contributed by atoms with Gasteiger partial charge in [0.15, 0.2) is 7.28 Å². The second-order valence-corrected chi connectivity index (χ2v) is 16.9. The topological polar surface area (TPSA) is 27.7 Å². The fraction of sp³-hybridized carbons (Fsp3) is 0.0769. The van der Waals surface area contributed by atoms with Gasteiger partial charge in [0.2, 0.25) is 0 Å². The molecule has 59 heavy (non-hydrogen) atoms. The summed E-state index contributed by atoms with van der Waals surface area (Å²) >= 11 is 0. The molecular weight excluding hydrogens is 715 g/mol. The molecular formula is C52H40B3N3O. The Kier molecular flexibility index (Phi) is 7.44. The van der Waals surface area contributed by atoms with Crippen molar-refractivity contribution in [2.45, 2.75) is 27.7 Å². The van der Waals surface area contributed by atoms with Crippen LogP contribution in [-0.4, -0.2) is 20.7 Å². The van der Waals surface area contributed by atoms with Crippen molar-refractivity contribution in [3.63, 3.8) is 0 Å². The van der Waals surface area contributed by atoms with Crippen LogP contribution in [0.1, 0.15) is 22.3 Å². The van der Waals surface area contributed by atoms with E-state index in [2.05, 4.69) is 201 Å². The lowest BCUT2D eigenvalue weighted by Crippen LogP contribution is -2.64. The second-order valence-electron chi connectivity index (χ2n) is 16.9. The first-order chi connectivity index (χ1) is 28.9. The van der Waals surface area contributed by atoms with Crippen molar-refractivity contribution in [3.05, 3.63) is 180 Å². The second kappa shape index (κ2) is 12.8. The Morgan fingerprint density at radius 1 is 0.441 bits per heavy atom. The number of aryl methyl sites for hydroxylation is 4. The highest BCUT2D eigenvalue weighted by Crippen LogP contribution is 2.46. The highest BCUT2D eigenvalue weighted by atomic mass is 16.5. The quantitative estimate of drug-likeness (QED) is 0.195. The summed E-state index contributed by atoms with van der Waals surface area (Å²) in [5, 5.41) is 3.87. The van der Waals surface area contributed by atoms with E-state index in [1.54, 1.807) is 0 Å². The van der Waals surface area contributed by atoms with Crippen LogP contribution in [-0.2, 0) is 0 Å². The van der Waals surface area contributed by atoms with Crippen LogP contribution in [0.4, 0.5) is 45.5 Å². The molecule has 4 aliphatic rings. The molecule has 0 saturated carbocycles. The molecule has 7 heteroatoms. The Bertz CT molecular complexity index is 3060. The van der Waals surface area contributed by atoms with Crippen LogP contribution in [0.25, 0.3) is 0 Å². The van der Waals surface area contributed by atoms with Gasteiger partial charge in [-0.3, -0.25) is 0 Å². The smallest absolute Gasteiger partial charge is 0.256 e. The van der Waals surface area contributed by atoms with E-state index in [9.17, 15) is 0 Å². The van der Waals surface area contributed by atoms with Crippen molar-refractivity contribution in [2.24, 2.45) is 0 Å². The van der Waals surface area contributed by atoms with Gasteiger partial charge in [0.1, 0.15) is 11.5 Å². The fourth-order valence-electron chi connectivity index (χ4n) is 10.5. The van der Waals surface area contributed by atoms with Crippen LogP contribution < -0.4 is 63.6 Å². The van der Waals surface area contributed by atoms with E-state index in [0.717, 1.165) is 30.2 Å². The molecule has 8 aromatic rings. The van der Waals surface area contributed by atoms with E-state index < -0.39 is 0 Å². The normalized spacial score (nSPS) is 13.6. The standard InChI is InChI=1S/C52H40B3N3O/c1-31-23-44-51-47(24-31)57(35-16-7-5-8-17-35)45-30-46-41(29-40(45)54(51)39-21-13-14-22-43(39)56-44)55-42-28-38(53-37-20-12-11-15-33(37)3)34(4)27-49(42)59-50-26-32(2)25-48(52(50)55)58(46)36-18-9-6-10-19-36/h5-30,53,56H,1-4H3. The van der Waals surface area contributed by atoms with Gasteiger partial charge in [0, 0.05) is 45.5 Å². The van der Waals surface area contributed by atoms with Crippen LogP contribution in [0.5, 0.6) is 11.5 Å². The van der Waals surface area contributed by atoms with Crippen LogP contribution in [0, 0.1) is 27.7 Å². The molecule has 0 aromatic heterocycles. The number of nitrogens with zero attached hydrogens (tertiary/aromatic N) is 2. The van der Waals surface area contributed by atoms with Gasteiger partial charge >= 0.3 is 0 Å². The van der Waals surface area contributed by atoms with Gasteiger partial charge in [0.05, 0.1) is 0 Å². The summed E-state index contributed by atoms with van der Waals surface area (Å²) in [4.78, 5) is 5.00. The maximum atomic E-state index is 7.03. The van der Waals surface area contributed by atoms with Crippen molar-refractivity contribution in [3.8, 4) is 11.5 Å². The number of para-hydroxylation sites is 3. The van der Waals surface area contributed by atoms with E-state index in [1.165, 1.54) is 100 Å². The molecule has 0 fully saturated rings. The van der Waals surface area contributed by atoms with Gasteiger partial charge in [-0.2, -0.15) is 0 Å². The minimum Gasteiger partial charge on any atom is -0.458 e. The Balaban J connectivity index is 1.18. The molecule has 0 atom stereocenters. The summed E-state index contributed by atoms with van der Waals surface area (Å²) in [5.74, 6) is 1.89. The average molecular weight is 755 g/mol. The molecule has 0 saturated heterocycles. The average Bonchev–Trinajstić information content (AvgIpc) is 3.24. The molecule has 12 rings (SSSR count). The molecule has 4 nitrogen and oxygen atoms in total. The predicted molar refractivity (Wildman–Crippen MR) is 253 cm³/mol. The van der Waals surface area contributed by atoms with Gasteiger partial charge in [-0.1, -0.05) is 113 Å². The zero-order valence-electron chi connectivity index (χ0n) is 33.7. The minimum absolute atomic E-state index is 0.0383. The molecule has 0 spiro atoms. The third kappa shape index (κ3) is 5.13. The third-order valence-corrected chi connectivity index (χ3v) is 13.1. The van der Waals surface area contributed by atoms with Gasteiger partial charge in [-0.05, 0) is 138 Å². The van der Waals surface area contributed by atoms with Crippen molar-refractivity contribution in [1.82, 2.24) is 0 Å². The number of benzene rings is 8. The first-order valence-electron chi connectivity index (χ1n) is 20.8. The van der Waals surface area contributed by atoms with E-state index in [1.807, 2.05) is 0 Å².